The molecule has 1 unspecified atom stereocenters. The van der Waals surface area contributed by atoms with Gasteiger partial charge < -0.3 is 9.47 Å². The van der Waals surface area contributed by atoms with Crippen molar-refractivity contribution in [3.05, 3.63) is 106 Å². The number of rotatable bonds is 7. The maximum atomic E-state index is 14.9. The molecule has 1 saturated carbocycles. The van der Waals surface area contributed by atoms with Crippen LogP contribution in [0.25, 0.3) is 23.1 Å². The van der Waals surface area contributed by atoms with Gasteiger partial charge in [0, 0.05) is 28.3 Å². The number of aromatic nitrogens is 1. The van der Waals surface area contributed by atoms with E-state index in [2.05, 4.69) is 9.72 Å². The van der Waals surface area contributed by atoms with Gasteiger partial charge in [0.25, 0.3) is 0 Å². The Morgan fingerprint density at radius 2 is 1.73 bits per heavy atom. The molecule has 3 aromatic carbocycles. The molecule has 12 heteroatoms. The molecule has 1 aliphatic heterocycles. The van der Waals surface area contributed by atoms with Crippen LogP contribution in [-0.2, 0) is 20.9 Å². The second kappa shape index (κ2) is 11.9. The first-order valence-electron chi connectivity index (χ1n) is 13.8. The molecule has 0 amide bonds. The van der Waals surface area contributed by atoms with Crippen molar-refractivity contribution in [2.24, 2.45) is 5.41 Å². The number of benzene rings is 3. The van der Waals surface area contributed by atoms with Gasteiger partial charge >= 0.3 is 18.1 Å². The van der Waals surface area contributed by atoms with Crippen LogP contribution in [0.3, 0.4) is 0 Å². The van der Waals surface area contributed by atoms with Crippen molar-refractivity contribution < 1.29 is 45.4 Å². The van der Waals surface area contributed by atoms with E-state index in [1.807, 2.05) is 6.07 Å². The molecule has 1 aliphatic carbocycles. The third kappa shape index (κ3) is 6.70. The fraction of sp³-hybridized carbons (Fsp3) is 0.242. The van der Waals surface area contributed by atoms with Gasteiger partial charge in [0.1, 0.15) is 18.2 Å². The number of fused-ring (bicyclic) bond motifs is 3. The molecule has 232 valence electrons. The number of carbonyl (C=O) groups excluding carboxylic acids is 2. The normalized spacial score (nSPS) is 16.9. The van der Waals surface area contributed by atoms with E-state index in [-0.39, 0.29) is 13.0 Å². The molecule has 5 nitrogen and oxygen atoms in total. The Balaban J connectivity index is 1.26. The summed E-state index contributed by atoms with van der Waals surface area (Å²) in [4.78, 5) is 27.7. The number of ether oxygens (including phenoxy) is 2. The van der Waals surface area contributed by atoms with Crippen LogP contribution in [0, 0.1) is 22.9 Å². The lowest BCUT2D eigenvalue weighted by atomic mass is 9.98. The van der Waals surface area contributed by atoms with E-state index in [1.165, 1.54) is 17.8 Å². The number of hydrogen-bond acceptors (Lipinski definition) is 6. The maximum Gasteiger partial charge on any atom is 0.491 e. The van der Waals surface area contributed by atoms with Gasteiger partial charge in [-0.2, -0.15) is 13.2 Å². The van der Waals surface area contributed by atoms with Crippen molar-refractivity contribution in [3.8, 4) is 5.75 Å². The van der Waals surface area contributed by atoms with Gasteiger partial charge in [0.15, 0.2) is 11.6 Å². The third-order valence-corrected chi connectivity index (χ3v) is 9.42. The molecule has 0 spiro atoms. The molecule has 6 rings (SSSR count). The lowest BCUT2D eigenvalue weighted by molar-refractivity contribution is -0.202. The average molecular weight is 644 g/mol. The smallest absolute Gasteiger partial charge is 0.488 e. The molecule has 0 bridgehead atoms. The molecule has 2 aliphatic rings. The first kappa shape index (κ1) is 30.7. The number of thioether (sulfide) groups is 1. The minimum atomic E-state index is -5.27. The highest BCUT2D eigenvalue weighted by Crippen LogP contribution is 2.55. The van der Waals surface area contributed by atoms with Crippen molar-refractivity contribution >= 4 is 46.8 Å². The highest BCUT2D eigenvalue weighted by atomic mass is 32.2. The summed E-state index contributed by atoms with van der Waals surface area (Å²) in [7, 11) is 0. The zero-order valence-corrected chi connectivity index (χ0v) is 24.1. The average Bonchev–Trinajstić information content (AvgIpc) is 3.77. The summed E-state index contributed by atoms with van der Waals surface area (Å²) in [5, 5.41) is -0.00356. The second-order valence-corrected chi connectivity index (χ2v) is 12.1. The van der Waals surface area contributed by atoms with Crippen molar-refractivity contribution in [1.82, 2.24) is 4.98 Å². The highest BCUT2D eigenvalue weighted by Gasteiger charge is 2.48. The predicted molar refractivity (Wildman–Crippen MR) is 155 cm³/mol. The zero-order chi connectivity index (χ0) is 31.9. The number of nitrogens with zero attached hydrogens (tertiary/aromatic N) is 1. The predicted octanol–water partition coefficient (Wildman–Crippen LogP) is 8.34. The fourth-order valence-electron chi connectivity index (χ4n) is 5.20. The molecular weight excluding hydrogens is 620 g/mol. The molecule has 1 aromatic heterocycles. The molecular formula is C33H23F6NO4S. The number of alkyl halides is 3. The summed E-state index contributed by atoms with van der Waals surface area (Å²) in [6, 6.07) is 15.5. The van der Waals surface area contributed by atoms with Gasteiger partial charge in [-0.05, 0) is 65.8 Å². The van der Waals surface area contributed by atoms with Gasteiger partial charge in [0.2, 0.25) is 0 Å². The van der Waals surface area contributed by atoms with Crippen LogP contribution >= 0.6 is 11.8 Å². The minimum absolute atomic E-state index is 0.0174. The van der Waals surface area contributed by atoms with Crippen molar-refractivity contribution in [3.63, 3.8) is 0 Å². The largest absolute Gasteiger partial charge is 0.491 e. The Kier molecular flexibility index (Phi) is 8.11. The lowest BCUT2D eigenvalue weighted by Gasteiger charge is -2.22. The number of carbonyl (C=O) groups is 2. The summed E-state index contributed by atoms with van der Waals surface area (Å²) in [5.74, 6) is -5.34. The van der Waals surface area contributed by atoms with E-state index in [1.54, 1.807) is 48.6 Å². The quantitative estimate of drug-likeness (QED) is 0.115. The van der Waals surface area contributed by atoms with Crippen LogP contribution in [0.15, 0.2) is 60.7 Å². The standard InChI is InChI=1S/C33H23F6NO4S/c34-24-3-1-2-21-23(24)16-43-28-9-5-18(4-7-20-8-6-19-13-25(35)26(36)14-27(19)40-20)12-22(28)30(21)45-17-32(10-11-32)15-29(41)44-31(42)33(37,38)39/h1-9,12-14,30H,10-11,15-17H2. The van der Waals surface area contributed by atoms with Gasteiger partial charge in [-0.1, -0.05) is 30.3 Å². The van der Waals surface area contributed by atoms with E-state index in [9.17, 15) is 35.9 Å². The van der Waals surface area contributed by atoms with E-state index in [0.29, 0.717) is 52.1 Å². The molecule has 0 radical (unpaired) electrons. The molecule has 2 heterocycles. The van der Waals surface area contributed by atoms with Crippen LogP contribution in [0.4, 0.5) is 26.3 Å². The first-order chi connectivity index (χ1) is 21.4. The van der Waals surface area contributed by atoms with Crippen molar-refractivity contribution in [1.29, 1.82) is 0 Å². The van der Waals surface area contributed by atoms with Crippen LogP contribution in [0.1, 0.15) is 52.5 Å². The summed E-state index contributed by atoms with van der Waals surface area (Å²) < 4.78 is 90.0. The number of hydrogen-bond donors (Lipinski definition) is 0. The Hall–Kier alpha value is -4.32. The first-order valence-corrected chi connectivity index (χ1v) is 14.9. The number of halogens is 6. The second-order valence-electron chi connectivity index (χ2n) is 11.0. The Morgan fingerprint density at radius 1 is 0.956 bits per heavy atom. The van der Waals surface area contributed by atoms with Crippen LogP contribution in [0.5, 0.6) is 5.75 Å². The molecule has 1 fully saturated rings. The SMILES string of the molecule is O=C(CC1(CSC2c3cc(C=Cc4ccc5cc(F)c(F)cc5n4)ccc3OCc3c(F)cccc32)CC1)OC(=O)C(F)(F)F. The summed E-state index contributed by atoms with van der Waals surface area (Å²) in [6.45, 7) is -0.0174. The zero-order valence-electron chi connectivity index (χ0n) is 23.3. The van der Waals surface area contributed by atoms with E-state index >= 15 is 0 Å². The van der Waals surface area contributed by atoms with Gasteiger partial charge in [0.05, 0.1) is 22.9 Å². The summed E-state index contributed by atoms with van der Waals surface area (Å²) in [6.07, 6.45) is -1.02. The van der Waals surface area contributed by atoms with Crippen molar-refractivity contribution in [2.45, 2.75) is 37.3 Å². The Morgan fingerprint density at radius 3 is 2.49 bits per heavy atom. The molecule has 1 atom stereocenters. The monoisotopic (exact) mass is 643 g/mol. The maximum absolute atomic E-state index is 14.9. The van der Waals surface area contributed by atoms with Crippen molar-refractivity contribution in [2.75, 3.05) is 5.75 Å². The Bertz CT molecular complexity index is 1850. The van der Waals surface area contributed by atoms with Crippen LogP contribution in [0.2, 0.25) is 0 Å². The molecule has 0 N–H and O–H groups in total. The minimum Gasteiger partial charge on any atom is -0.488 e. The fourth-order valence-corrected chi connectivity index (χ4v) is 6.87. The van der Waals surface area contributed by atoms with E-state index < -0.39 is 46.2 Å². The number of pyridine rings is 1. The van der Waals surface area contributed by atoms with Crippen LogP contribution < -0.4 is 4.74 Å². The van der Waals surface area contributed by atoms with E-state index in [0.717, 1.165) is 23.3 Å². The lowest BCUT2D eigenvalue weighted by Crippen LogP contribution is -2.29. The van der Waals surface area contributed by atoms with Crippen LogP contribution in [-0.4, -0.2) is 28.9 Å². The number of esters is 2. The summed E-state index contributed by atoms with van der Waals surface area (Å²) >= 11 is 1.40. The molecule has 45 heavy (non-hydrogen) atoms. The Labute approximate surface area is 257 Å². The third-order valence-electron chi connectivity index (χ3n) is 7.80. The molecule has 0 saturated heterocycles. The van der Waals surface area contributed by atoms with Gasteiger partial charge in [-0.3, -0.25) is 4.79 Å². The van der Waals surface area contributed by atoms with Gasteiger partial charge in [-0.15, -0.1) is 11.8 Å². The van der Waals surface area contributed by atoms with Gasteiger partial charge in [-0.25, -0.2) is 22.9 Å². The topological polar surface area (TPSA) is 65.5 Å². The molecule has 4 aromatic rings. The van der Waals surface area contributed by atoms with E-state index in [4.69, 9.17) is 4.74 Å². The highest BCUT2D eigenvalue weighted by molar-refractivity contribution is 7.99. The summed E-state index contributed by atoms with van der Waals surface area (Å²) in [5.41, 5.74) is 2.64.